The van der Waals surface area contributed by atoms with Crippen LogP contribution in [0.15, 0.2) is 59.0 Å². The van der Waals surface area contributed by atoms with Crippen LogP contribution in [0.4, 0.5) is 0 Å². The molecule has 1 aromatic carbocycles. The van der Waals surface area contributed by atoms with Crippen molar-refractivity contribution in [3.63, 3.8) is 0 Å². The second kappa shape index (κ2) is 6.74. The Morgan fingerprint density at radius 2 is 1.83 bits per heavy atom. The van der Waals surface area contributed by atoms with Gasteiger partial charge in [-0.1, -0.05) is 43.7 Å². The Labute approximate surface area is 185 Å². The lowest BCUT2D eigenvalue weighted by molar-refractivity contribution is -0.141. The minimum atomic E-state index is -1.39. The molecule has 0 heterocycles. The zero-order valence-corrected chi connectivity index (χ0v) is 19.0. The third-order valence-corrected chi connectivity index (χ3v) is 11.5. The van der Waals surface area contributed by atoms with Gasteiger partial charge in [-0.2, -0.15) is 0 Å². The summed E-state index contributed by atoms with van der Waals surface area (Å²) in [6, 6.07) is 9.42. The lowest BCUT2D eigenvalue weighted by atomic mass is 9.48. The molecule has 158 valence electrons. The van der Waals surface area contributed by atoms with Gasteiger partial charge in [0, 0.05) is 28.1 Å². The van der Waals surface area contributed by atoms with Gasteiger partial charge in [-0.3, -0.25) is 13.8 Å². The number of carbonyl (C=O) groups excluding carboxylic acids is 2. The molecule has 4 aliphatic rings. The highest BCUT2D eigenvalue weighted by molar-refractivity contribution is 7.88. The van der Waals surface area contributed by atoms with E-state index >= 15 is 0 Å². The molecule has 0 N–H and O–H groups in total. The summed E-state index contributed by atoms with van der Waals surface area (Å²) < 4.78 is 12.7. The Hall–Kier alpha value is -1.52. The van der Waals surface area contributed by atoms with Crippen LogP contribution in [0.1, 0.15) is 46.0 Å². The van der Waals surface area contributed by atoms with Crippen molar-refractivity contribution in [3.8, 4) is 0 Å². The van der Waals surface area contributed by atoms with E-state index in [4.69, 9.17) is 11.6 Å². The quantitative estimate of drug-likeness (QED) is 0.590. The van der Waals surface area contributed by atoms with Gasteiger partial charge in [-0.05, 0) is 61.8 Å². The normalized spacial score (nSPS) is 43.4. The van der Waals surface area contributed by atoms with Crippen molar-refractivity contribution < 1.29 is 13.8 Å². The third-order valence-electron chi connectivity index (χ3n) is 8.53. The number of alkyl halides is 1. The number of allylic oxidation sites excluding steroid dienone is 4. The monoisotopic (exact) mass is 442 g/mol. The molecule has 0 spiro atoms. The van der Waals surface area contributed by atoms with Crippen molar-refractivity contribution in [2.45, 2.75) is 55.1 Å². The fourth-order valence-corrected chi connectivity index (χ4v) is 9.31. The average Bonchev–Trinajstić information content (AvgIpc) is 3.00. The number of fused-ring (bicyclic) bond motifs is 5. The fraction of sp³-hybridized carbons (Fsp3) is 0.520. The standard InChI is InChI=1S/C25H27ClO3S/c1-23-12-10-17(27)14-16(23)8-9-19-20-11-13-25(26,24(20,2)15-21(28)22(19)23)30(29)18-6-4-3-5-7-18/h3-7,10,12,14,19-20,22H,8-9,11,13,15H2,1-2H3/t19?,20?,22?,23-,24-,25-,30?/m0/s1. The molecule has 3 nitrogen and oxygen atoms in total. The zero-order chi connectivity index (χ0) is 21.3. The first-order valence-corrected chi connectivity index (χ1v) is 12.4. The summed E-state index contributed by atoms with van der Waals surface area (Å²) >= 11 is 7.24. The first kappa shape index (κ1) is 20.4. The smallest absolute Gasteiger partial charge is 0.178 e. The molecule has 0 amide bonds. The van der Waals surface area contributed by atoms with E-state index in [9.17, 15) is 13.8 Å². The van der Waals surface area contributed by atoms with Crippen molar-refractivity contribution in [1.82, 2.24) is 0 Å². The number of hydrogen-bond donors (Lipinski definition) is 0. The van der Waals surface area contributed by atoms with Crippen LogP contribution in [-0.4, -0.2) is 20.0 Å². The van der Waals surface area contributed by atoms with E-state index in [1.54, 1.807) is 12.2 Å². The van der Waals surface area contributed by atoms with Crippen LogP contribution in [0.5, 0.6) is 0 Å². The van der Waals surface area contributed by atoms with E-state index in [0.717, 1.165) is 29.7 Å². The van der Waals surface area contributed by atoms with Crippen LogP contribution in [0.3, 0.4) is 0 Å². The van der Waals surface area contributed by atoms with Crippen LogP contribution in [-0.2, 0) is 20.4 Å². The van der Waals surface area contributed by atoms with Gasteiger partial charge in [0.2, 0.25) is 0 Å². The maximum absolute atomic E-state index is 13.7. The number of Topliss-reactive ketones (excluding diaryl/α,β-unsaturated/α-hetero) is 1. The largest absolute Gasteiger partial charge is 0.299 e. The van der Waals surface area contributed by atoms with E-state index in [0.29, 0.717) is 12.8 Å². The second-order valence-corrected chi connectivity index (χ2v) is 12.5. The van der Waals surface area contributed by atoms with Crippen molar-refractivity contribution in [2.75, 3.05) is 0 Å². The van der Waals surface area contributed by atoms with Gasteiger partial charge in [0.1, 0.15) is 9.99 Å². The molecule has 3 saturated carbocycles. The van der Waals surface area contributed by atoms with E-state index < -0.39 is 20.4 Å². The Morgan fingerprint density at radius 1 is 1.10 bits per heavy atom. The summed E-state index contributed by atoms with van der Waals surface area (Å²) in [4.78, 5) is 26.3. The topological polar surface area (TPSA) is 51.2 Å². The molecule has 0 saturated heterocycles. The van der Waals surface area contributed by atoms with Gasteiger partial charge in [0.05, 0.1) is 10.8 Å². The molecule has 0 bridgehead atoms. The molecular weight excluding hydrogens is 416 g/mol. The molecule has 3 fully saturated rings. The summed E-state index contributed by atoms with van der Waals surface area (Å²) in [6.07, 6.45) is 8.96. The summed E-state index contributed by atoms with van der Waals surface area (Å²) in [5, 5.41) is 0. The highest BCUT2D eigenvalue weighted by atomic mass is 35.5. The SMILES string of the molecule is C[C@]12C=CC(=O)C=C1CCC1C2C(=O)C[C@@]2(C)C1CC[C@]2(Cl)S(=O)c1ccccc1. The van der Waals surface area contributed by atoms with E-state index in [2.05, 4.69) is 13.8 Å². The Balaban J connectivity index is 1.54. The van der Waals surface area contributed by atoms with E-state index in [1.165, 1.54) is 0 Å². The molecule has 1 aromatic rings. The van der Waals surface area contributed by atoms with Gasteiger partial charge in [-0.15, -0.1) is 11.6 Å². The summed E-state index contributed by atoms with van der Waals surface area (Å²) in [5.41, 5.74) is 0.209. The Morgan fingerprint density at radius 3 is 2.57 bits per heavy atom. The van der Waals surface area contributed by atoms with E-state index in [-0.39, 0.29) is 34.7 Å². The minimum absolute atomic E-state index is 0.0212. The molecule has 4 aliphatic carbocycles. The highest BCUT2D eigenvalue weighted by Crippen LogP contribution is 2.68. The maximum atomic E-state index is 13.7. The number of carbonyl (C=O) groups is 2. The van der Waals surface area contributed by atoms with Gasteiger partial charge >= 0.3 is 0 Å². The lowest BCUT2D eigenvalue weighted by Gasteiger charge is -2.56. The Bertz CT molecular complexity index is 1010. The van der Waals surface area contributed by atoms with Crippen LogP contribution in [0.25, 0.3) is 0 Å². The first-order valence-electron chi connectivity index (χ1n) is 10.8. The minimum Gasteiger partial charge on any atom is -0.299 e. The van der Waals surface area contributed by atoms with Crippen molar-refractivity contribution >= 4 is 34.0 Å². The third kappa shape index (κ3) is 2.59. The number of rotatable bonds is 2. The number of benzene rings is 1. The molecule has 4 unspecified atom stereocenters. The first-order chi connectivity index (χ1) is 14.2. The summed E-state index contributed by atoms with van der Waals surface area (Å²) in [7, 11) is -1.39. The molecule has 0 aliphatic heterocycles. The molecule has 7 atom stereocenters. The van der Waals surface area contributed by atoms with Gasteiger partial charge < -0.3 is 0 Å². The summed E-state index contributed by atoms with van der Waals surface area (Å²) in [6.45, 7) is 4.21. The van der Waals surface area contributed by atoms with Crippen LogP contribution < -0.4 is 0 Å². The number of hydrogen-bond acceptors (Lipinski definition) is 3. The maximum Gasteiger partial charge on any atom is 0.178 e. The van der Waals surface area contributed by atoms with Gasteiger partial charge in [-0.25, -0.2) is 0 Å². The van der Waals surface area contributed by atoms with Crippen molar-refractivity contribution in [3.05, 3.63) is 54.1 Å². The summed E-state index contributed by atoms with van der Waals surface area (Å²) in [5.74, 6) is 0.583. The predicted octanol–water partition coefficient (Wildman–Crippen LogP) is 5.22. The molecule has 0 aromatic heterocycles. The number of ketones is 2. The zero-order valence-electron chi connectivity index (χ0n) is 17.4. The number of halogens is 1. The molecule has 0 radical (unpaired) electrons. The van der Waals surface area contributed by atoms with Crippen molar-refractivity contribution in [1.29, 1.82) is 0 Å². The van der Waals surface area contributed by atoms with Gasteiger partial charge in [0.15, 0.2) is 5.78 Å². The molecule has 5 rings (SSSR count). The predicted molar refractivity (Wildman–Crippen MR) is 118 cm³/mol. The van der Waals surface area contributed by atoms with Crippen LogP contribution in [0, 0.1) is 28.6 Å². The second-order valence-electron chi connectivity index (χ2n) is 9.88. The molecule has 30 heavy (non-hydrogen) atoms. The van der Waals surface area contributed by atoms with E-state index in [1.807, 2.05) is 36.4 Å². The van der Waals surface area contributed by atoms with Crippen molar-refractivity contribution in [2.24, 2.45) is 28.6 Å². The highest BCUT2D eigenvalue weighted by Gasteiger charge is 2.68. The average molecular weight is 443 g/mol. The molecular formula is C25H27ClO3S. The van der Waals surface area contributed by atoms with Gasteiger partial charge in [0.25, 0.3) is 0 Å². The molecule has 5 heteroatoms. The Kier molecular flexibility index (Phi) is 4.58. The fourth-order valence-electron chi connectivity index (χ4n) is 7.00. The van der Waals surface area contributed by atoms with Crippen LogP contribution in [0.2, 0.25) is 0 Å². The lowest BCUT2D eigenvalue weighted by Crippen LogP contribution is -2.57. The van der Waals surface area contributed by atoms with Crippen LogP contribution >= 0.6 is 11.6 Å².